The van der Waals surface area contributed by atoms with Gasteiger partial charge in [0.05, 0.1) is 4.91 Å². The van der Waals surface area contributed by atoms with Gasteiger partial charge in [-0.15, -0.1) is 0 Å². The van der Waals surface area contributed by atoms with Crippen molar-refractivity contribution in [2.24, 2.45) is 5.73 Å². The van der Waals surface area contributed by atoms with E-state index in [1.54, 1.807) is 4.90 Å². The highest BCUT2D eigenvalue weighted by atomic mass is 32.2. The predicted octanol–water partition coefficient (Wildman–Crippen LogP) is 2.41. The van der Waals surface area contributed by atoms with E-state index in [0.717, 1.165) is 12.0 Å². The molecule has 2 rings (SSSR count). The minimum absolute atomic E-state index is 0.0416. The third-order valence-electron chi connectivity index (χ3n) is 2.91. The maximum atomic E-state index is 12.1. The molecule has 1 aliphatic rings. The first-order valence-electron chi connectivity index (χ1n) is 6.20. The third kappa shape index (κ3) is 3.23. The molecular formula is C14H16N2OS2. The minimum atomic E-state index is -0.0416. The summed E-state index contributed by atoms with van der Waals surface area (Å²) in [5, 5.41) is 0. The van der Waals surface area contributed by atoms with Gasteiger partial charge in [0.2, 0.25) is 0 Å². The minimum Gasteiger partial charge on any atom is -0.329 e. The molecule has 1 saturated heterocycles. The zero-order chi connectivity index (χ0) is 13.8. The molecule has 3 nitrogen and oxygen atoms in total. The van der Waals surface area contributed by atoms with Crippen molar-refractivity contribution in [3.05, 3.63) is 40.3 Å². The Bertz CT molecular complexity index is 523. The van der Waals surface area contributed by atoms with Crippen LogP contribution in [0, 0.1) is 0 Å². The van der Waals surface area contributed by atoms with Crippen molar-refractivity contribution in [3.63, 3.8) is 0 Å². The number of carbonyl (C=O) groups excluding carboxylic acids is 1. The molecule has 19 heavy (non-hydrogen) atoms. The van der Waals surface area contributed by atoms with Crippen LogP contribution in [0.4, 0.5) is 0 Å². The predicted molar refractivity (Wildman–Crippen MR) is 84.8 cm³/mol. The number of benzene rings is 1. The molecule has 1 fully saturated rings. The van der Waals surface area contributed by atoms with Crippen LogP contribution in [-0.4, -0.2) is 28.2 Å². The average molecular weight is 292 g/mol. The fourth-order valence-corrected chi connectivity index (χ4v) is 3.13. The summed E-state index contributed by atoms with van der Waals surface area (Å²) in [4.78, 5) is 14.4. The highest BCUT2D eigenvalue weighted by molar-refractivity contribution is 8.26. The van der Waals surface area contributed by atoms with E-state index >= 15 is 0 Å². The van der Waals surface area contributed by atoms with E-state index in [1.807, 2.05) is 18.2 Å². The Morgan fingerprint density at radius 2 is 2.05 bits per heavy atom. The molecular weight excluding hydrogens is 276 g/mol. The Morgan fingerprint density at radius 3 is 2.63 bits per heavy atom. The summed E-state index contributed by atoms with van der Waals surface area (Å²) < 4.78 is 0.590. The van der Waals surface area contributed by atoms with Gasteiger partial charge in [-0.05, 0) is 23.6 Å². The van der Waals surface area contributed by atoms with Crippen LogP contribution in [0.5, 0.6) is 0 Å². The Hall–Kier alpha value is -1.17. The van der Waals surface area contributed by atoms with Crippen LogP contribution in [0.3, 0.4) is 0 Å². The van der Waals surface area contributed by atoms with Gasteiger partial charge in [0.1, 0.15) is 4.32 Å². The van der Waals surface area contributed by atoms with Crippen LogP contribution in [0.1, 0.15) is 18.1 Å². The van der Waals surface area contributed by atoms with Crippen LogP contribution in [-0.2, 0) is 11.2 Å². The molecule has 0 unspecified atom stereocenters. The first-order chi connectivity index (χ1) is 9.15. The van der Waals surface area contributed by atoms with Crippen molar-refractivity contribution >= 4 is 40.3 Å². The standard InChI is InChI=1S/C14H16N2OS2/c1-2-10-3-5-11(6-4-10)9-12-13(17)16(8-7-15)14(18)19-12/h3-6,9H,2,7-8,15H2,1H3/b12-9+. The number of nitrogens with zero attached hydrogens (tertiary/aromatic N) is 1. The summed E-state index contributed by atoms with van der Waals surface area (Å²) in [6.07, 6.45) is 2.90. The van der Waals surface area contributed by atoms with Crippen LogP contribution in [0.2, 0.25) is 0 Å². The van der Waals surface area contributed by atoms with Crippen LogP contribution < -0.4 is 5.73 Å². The number of hydrogen-bond acceptors (Lipinski definition) is 4. The van der Waals surface area contributed by atoms with Gasteiger partial charge < -0.3 is 5.73 Å². The molecule has 5 heteroatoms. The number of thiocarbonyl (C=S) groups is 1. The molecule has 0 aromatic heterocycles. The topological polar surface area (TPSA) is 46.3 Å². The lowest BCUT2D eigenvalue weighted by Gasteiger charge is -2.11. The molecule has 1 aromatic rings. The van der Waals surface area contributed by atoms with Gasteiger partial charge in [-0.2, -0.15) is 0 Å². The summed E-state index contributed by atoms with van der Waals surface area (Å²) in [7, 11) is 0. The van der Waals surface area contributed by atoms with Crippen molar-refractivity contribution in [3.8, 4) is 0 Å². The fourth-order valence-electron chi connectivity index (χ4n) is 1.82. The fraction of sp³-hybridized carbons (Fsp3) is 0.286. The van der Waals surface area contributed by atoms with Crippen LogP contribution >= 0.6 is 24.0 Å². The van der Waals surface area contributed by atoms with Gasteiger partial charge in [-0.1, -0.05) is 55.2 Å². The van der Waals surface area contributed by atoms with Crippen LogP contribution in [0.25, 0.3) is 6.08 Å². The molecule has 0 aliphatic carbocycles. The maximum Gasteiger partial charge on any atom is 0.266 e. The molecule has 0 bridgehead atoms. The van der Waals surface area contributed by atoms with E-state index in [4.69, 9.17) is 18.0 Å². The Balaban J connectivity index is 2.19. The number of rotatable bonds is 4. The largest absolute Gasteiger partial charge is 0.329 e. The zero-order valence-electron chi connectivity index (χ0n) is 10.8. The molecule has 1 amide bonds. The SMILES string of the molecule is CCc1ccc(/C=C2/SC(=S)N(CCN)C2=O)cc1. The third-order valence-corrected chi connectivity index (χ3v) is 4.29. The second-order valence-corrected chi connectivity index (χ2v) is 5.89. The summed E-state index contributed by atoms with van der Waals surface area (Å²) in [5.41, 5.74) is 7.78. The average Bonchev–Trinajstić information content (AvgIpc) is 2.68. The number of thioether (sulfide) groups is 1. The molecule has 0 saturated carbocycles. The van der Waals surface area contributed by atoms with Crippen molar-refractivity contribution in [1.82, 2.24) is 4.90 Å². The van der Waals surface area contributed by atoms with E-state index in [2.05, 4.69) is 19.1 Å². The summed E-state index contributed by atoms with van der Waals surface area (Å²) >= 11 is 6.53. The lowest BCUT2D eigenvalue weighted by molar-refractivity contribution is -0.122. The van der Waals surface area contributed by atoms with Crippen LogP contribution in [0.15, 0.2) is 29.2 Å². The number of nitrogens with two attached hydrogens (primary N) is 1. The van der Waals surface area contributed by atoms with Crippen molar-refractivity contribution in [2.75, 3.05) is 13.1 Å². The van der Waals surface area contributed by atoms with Gasteiger partial charge in [0, 0.05) is 13.1 Å². The van der Waals surface area contributed by atoms with Gasteiger partial charge in [0.25, 0.3) is 5.91 Å². The zero-order valence-corrected chi connectivity index (χ0v) is 12.4. The van der Waals surface area contributed by atoms with Crippen molar-refractivity contribution in [2.45, 2.75) is 13.3 Å². The smallest absolute Gasteiger partial charge is 0.266 e. The van der Waals surface area contributed by atoms with E-state index in [1.165, 1.54) is 17.3 Å². The van der Waals surface area contributed by atoms with E-state index in [9.17, 15) is 4.79 Å². The lowest BCUT2D eigenvalue weighted by Crippen LogP contribution is -2.32. The number of hydrogen-bond donors (Lipinski definition) is 1. The lowest BCUT2D eigenvalue weighted by atomic mass is 10.1. The Morgan fingerprint density at radius 1 is 1.37 bits per heavy atom. The van der Waals surface area contributed by atoms with Gasteiger partial charge in [0.15, 0.2) is 0 Å². The quantitative estimate of drug-likeness (QED) is 0.684. The molecule has 1 aliphatic heterocycles. The highest BCUT2D eigenvalue weighted by Crippen LogP contribution is 2.32. The van der Waals surface area contributed by atoms with E-state index < -0.39 is 0 Å². The van der Waals surface area contributed by atoms with Gasteiger partial charge in [-0.25, -0.2) is 0 Å². The summed E-state index contributed by atoms with van der Waals surface area (Å²) in [6, 6.07) is 8.20. The first kappa shape index (κ1) is 14.2. The van der Waals surface area contributed by atoms with Crippen molar-refractivity contribution < 1.29 is 4.79 Å². The molecule has 0 radical (unpaired) electrons. The summed E-state index contributed by atoms with van der Waals surface area (Å²) in [6.45, 7) is 3.02. The molecule has 0 atom stereocenters. The Kier molecular flexibility index (Phi) is 4.74. The first-order valence-corrected chi connectivity index (χ1v) is 7.42. The van der Waals surface area contributed by atoms with Crippen molar-refractivity contribution in [1.29, 1.82) is 0 Å². The molecule has 0 spiro atoms. The highest BCUT2D eigenvalue weighted by Gasteiger charge is 2.31. The number of carbonyl (C=O) groups is 1. The number of aryl methyl sites for hydroxylation is 1. The summed E-state index contributed by atoms with van der Waals surface area (Å²) in [5.74, 6) is -0.0416. The molecule has 100 valence electrons. The number of amides is 1. The van der Waals surface area contributed by atoms with Gasteiger partial charge in [-0.3, -0.25) is 9.69 Å². The normalized spacial score (nSPS) is 17.6. The molecule has 2 N–H and O–H groups in total. The van der Waals surface area contributed by atoms with E-state index in [-0.39, 0.29) is 5.91 Å². The Labute approximate surface area is 122 Å². The van der Waals surface area contributed by atoms with E-state index in [0.29, 0.717) is 22.3 Å². The second-order valence-electron chi connectivity index (χ2n) is 4.22. The molecule has 1 heterocycles. The maximum absolute atomic E-state index is 12.1. The molecule has 1 aromatic carbocycles. The van der Waals surface area contributed by atoms with Gasteiger partial charge >= 0.3 is 0 Å². The monoisotopic (exact) mass is 292 g/mol. The second kappa shape index (κ2) is 6.32.